The van der Waals surface area contributed by atoms with Crippen molar-refractivity contribution < 1.29 is 4.74 Å². The Hall–Kier alpha value is -1.84. The highest BCUT2D eigenvalue weighted by molar-refractivity contribution is 5.83. The van der Waals surface area contributed by atoms with Gasteiger partial charge in [-0.2, -0.15) is 4.98 Å². The van der Waals surface area contributed by atoms with Crippen LogP contribution in [-0.4, -0.2) is 24.1 Å². The van der Waals surface area contributed by atoms with Gasteiger partial charge in [0.1, 0.15) is 0 Å². The van der Waals surface area contributed by atoms with Gasteiger partial charge in [-0.3, -0.25) is 0 Å². The van der Waals surface area contributed by atoms with Crippen molar-refractivity contribution in [3.05, 3.63) is 23.9 Å². The lowest BCUT2D eigenvalue weighted by molar-refractivity contribution is 0.399. The predicted molar refractivity (Wildman–Crippen MR) is 60.4 cm³/mol. The van der Waals surface area contributed by atoms with Crippen LogP contribution in [0.5, 0.6) is 5.88 Å². The Balaban J connectivity index is 2.68. The van der Waals surface area contributed by atoms with E-state index >= 15 is 0 Å². The van der Waals surface area contributed by atoms with Gasteiger partial charge in [0, 0.05) is 18.5 Å². The third kappa shape index (κ3) is 1.58. The minimum atomic E-state index is 0.589. The molecule has 0 aliphatic rings. The molecule has 15 heavy (non-hydrogen) atoms. The maximum Gasteiger partial charge on any atom is 0.215 e. The van der Waals surface area contributed by atoms with Gasteiger partial charge in [-0.25, -0.2) is 4.98 Å². The van der Waals surface area contributed by atoms with Crippen LogP contribution in [0, 0.1) is 6.92 Å². The van der Waals surface area contributed by atoms with E-state index in [9.17, 15) is 0 Å². The number of methoxy groups -OCH3 is 1. The second-order valence-electron chi connectivity index (χ2n) is 3.27. The summed E-state index contributed by atoms with van der Waals surface area (Å²) in [7, 11) is 3.48. The second-order valence-corrected chi connectivity index (χ2v) is 3.27. The first-order valence-corrected chi connectivity index (χ1v) is 4.74. The summed E-state index contributed by atoms with van der Waals surface area (Å²) in [5.74, 6) is 0.589. The molecular formula is C11H13N3O. The topological polar surface area (TPSA) is 47.0 Å². The molecule has 0 amide bonds. The smallest absolute Gasteiger partial charge is 0.215 e. The zero-order chi connectivity index (χ0) is 10.8. The molecule has 0 spiro atoms. The number of hydrogen-bond donors (Lipinski definition) is 1. The molecule has 0 bridgehead atoms. The molecule has 4 nitrogen and oxygen atoms in total. The van der Waals surface area contributed by atoms with E-state index < -0.39 is 0 Å². The van der Waals surface area contributed by atoms with Crippen molar-refractivity contribution in [1.82, 2.24) is 9.97 Å². The zero-order valence-corrected chi connectivity index (χ0v) is 9.03. The van der Waals surface area contributed by atoms with Crippen molar-refractivity contribution in [3.63, 3.8) is 0 Å². The summed E-state index contributed by atoms with van der Waals surface area (Å²) in [5, 5.41) is 4.14. The van der Waals surface area contributed by atoms with E-state index in [0.29, 0.717) is 11.5 Å². The van der Waals surface area contributed by atoms with Crippen molar-refractivity contribution in [1.29, 1.82) is 0 Å². The van der Waals surface area contributed by atoms with Crippen LogP contribution in [-0.2, 0) is 0 Å². The maximum atomic E-state index is 5.05. The van der Waals surface area contributed by atoms with Crippen molar-refractivity contribution in [3.8, 4) is 5.88 Å². The van der Waals surface area contributed by atoms with Crippen molar-refractivity contribution in [2.45, 2.75) is 6.92 Å². The molecule has 0 saturated carbocycles. The first-order valence-electron chi connectivity index (χ1n) is 4.74. The third-order valence-corrected chi connectivity index (χ3v) is 2.45. The van der Waals surface area contributed by atoms with E-state index in [2.05, 4.69) is 15.3 Å². The van der Waals surface area contributed by atoms with E-state index in [-0.39, 0.29) is 0 Å². The van der Waals surface area contributed by atoms with Gasteiger partial charge in [0.05, 0.1) is 19.0 Å². The van der Waals surface area contributed by atoms with E-state index in [4.69, 9.17) is 4.74 Å². The quantitative estimate of drug-likeness (QED) is 0.810. The lowest BCUT2D eigenvalue weighted by atomic mass is 10.1. The van der Waals surface area contributed by atoms with Gasteiger partial charge in [-0.05, 0) is 18.6 Å². The summed E-state index contributed by atoms with van der Waals surface area (Å²) in [4.78, 5) is 8.54. The lowest BCUT2D eigenvalue weighted by Crippen LogP contribution is -1.96. The summed E-state index contributed by atoms with van der Waals surface area (Å²) in [6, 6.07) is 3.82. The van der Waals surface area contributed by atoms with Gasteiger partial charge < -0.3 is 10.1 Å². The zero-order valence-electron chi connectivity index (χ0n) is 9.03. The highest BCUT2D eigenvalue weighted by Gasteiger charge is 2.05. The molecule has 2 rings (SSSR count). The van der Waals surface area contributed by atoms with Gasteiger partial charge >= 0.3 is 0 Å². The van der Waals surface area contributed by atoms with Gasteiger partial charge in [0.15, 0.2) is 5.65 Å². The number of aryl methyl sites for hydroxylation is 1. The Bertz CT molecular complexity index is 496. The summed E-state index contributed by atoms with van der Waals surface area (Å²) < 4.78 is 5.05. The Kier molecular flexibility index (Phi) is 2.41. The molecule has 78 valence electrons. The molecule has 2 aromatic rings. The Morgan fingerprint density at radius 2 is 2.13 bits per heavy atom. The van der Waals surface area contributed by atoms with E-state index in [1.54, 1.807) is 13.3 Å². The molecule has 0 unspecified atom stereocenters. The van der Waals surface area contributed by atoms with Crippen LogP contribution < -0.4 is 10.1 Å². The van der Waals surface area contributed by atoms with Crippen molar-refractivity contribution in [2.75, 3.05) is 19.5 Å². The number of ether oxygens (including phenoxy) is 1. The fraction of sp³-hybridized carbons (Fsp3) is 0.273. The summed E-state index contributed by atoms with van der Waals surface area (Å²) >= 11 is 0. The van der Waals surface area contributed by atoms with Crippen LogP contribution >= 0.6 is 0 Å². The molecule has 0 aliphatic carbocycles. The van der Waals surface area contributed by atoms with E-state index in [0.717, 1.165) is 16.6 Å². The summed E-state index contributed by atoms with van der Waals surface area (Å²) in [6.45, 7) is 2.05. The van der Waals surface area contributed by atoms with E-state index in [1.165, 1.54) is 0 Å². The largest absolute Gasteiger partial charge is 0.481 e. The predicted octanol–water partition coefficient (Wildman–Crippen LogP) is 1.99. The molecule has 1 N–H and O–H groups in total. The number of aromatic nitrogens is 2. The number of nitrogens with zero attached hydrogens (tertiary/aromatic N) is 2. The molecule has 0 aliphatic heterocycles. The second kappa shape index (κ2) is 3.73. The number of rotatable bonds is 2. The van der Waals surface area contributed by atoms with Crippen molar-refractivity contribution >= 4 is 16.7 Å². The van der Waals surface area contributed by atoms with Crippen LogP contribution in [0.15, 0.2) is 18.3 Å². The average molecular weight is 203 g/mol. The van der Waals surface area contributed by atoms with Crippen molar-refractivity contribution in [2.24, 2.45) is 0 Å². The van der Waals surface area contributed by atoms with Gasteiger partial charge in [-0.15, -0.1) is 0 Å². The highest BCUT2D eigenvalue weighted by atomic mass is 16.5. The Morgan fingerprint density at radius 3 is 2.80 bits per heavy atom. The molecule has 2 aromatic heterocycles. The fourth-order valence-corrected chi connectivity index (χ4v) is 1.56. The van der Waals surface area contributed by atoms with Crippen LogP contribution in [0.3, 0.4) is 0 Å². The molecule has 0 aromatic carbocycles. The molecule has 0 saturated heterocycles. The number of pyridine rings is 2. The van der Waals surface area contributed by atoms with Gasteiger partial charge in [0.2, 0.25) is 5.88 Å². The normalized spacial score (nSPS) is 10.3. The van der Waals surface area contributed by atoms with Crippen LogP contribution in [0.4, 0.5) is 5.69 Å². The highest BCUT2D eigenvalue weighted by Crippen LogP contribution is 2.23. The minimum Gasteiger partial charge on any atom is -0.481 e. The molecular weight excluding hydrogens is 190 g/mol. The molecule has 0 radical (unpaired) electrons. The molecule has 0 atom stereocenters. The first kappa shape index (κ1) is 9.71. The van der Waals surface area contributed by atoms with Gasteiger partial charge in [0.25, 0.3) is 0 Å². The van der Waals surface area contributed by atoms with Crippen LogP contribution in [0.1, 0.15) is 5.56 Å². The number of anilines is 1. The average Bonchev–Trinajstić information content (AvgIpc) is 2.29. The standard InChI is InChI=1S/C11H13N3O/c1-7-8-4-5-10(15-3)14-11(8)13-6-9(7)12-2/h4-6,12H,1-3H3. The Labute approximate surface area is 88.3 Å². The molecule has 0 fully saturated rings. The summed E-state index contributed by atoms with van der Waals surface area (Å²) in [6.07, 6.45) is 1.78. The summed E-state index contributed by atoms with van der Waals surface area (Å²) in [5.41, 5.74) is 2.89. The Morgan fingerprint density at radius 1 is 1.33 bits per heavy atom. The monoisotopic (exact) mass is 203 g/mol. The fourth-order valence-electron chi connectivity index (χ4n) is 1.56. The SMILES string of the molecule is CNc1cnc2nc(OC)ccc2c1C. The number of nitrogens with one attached hydrogen (secondary N) is 1. The minimum absolute atomic E-state index is 0.589. The lowest BCUT2D eigenvalue weighted by Gasteiger charge is -2.07. The van der Waals surface area contributed by atoms with E-state index in [1.807, 2.05) is 26.1 Å². The van der Waals surface area contributed by atoms with Gasteiger partial charge in [-0.1, -0.05) is 0 Å². The van der Waals surface area contributed by atoms with Crippen LogP contribution in [0.2, 0.25) is 0 Å². The number of hydrogen-bond acceptors (Lipinski definition) is 4. The molecule has 2 heterocycles. The molecule has 4 heteroatoms. The maximum absolute atomic E-state index is 5.05. The first-order chi connectivity index (χ1) is 7.26. The third-order valence-electron chi connectivity index (χ3n) is 2.45. The van der Waals surface area contributed by atoms with Crippen LogP contribution in [0.25, 0.3) is 11.0 Å². The number of fused-ring (bicyclic) bond motifs is 1.